The van der Waals surface area contributed by atoms with Crippen molar-refractivity contribution in [3.05, 3.63) is 0 Å². The van der Waals surface area contributed by atoms with Gasteiger partial charge >= 0.3 is 0 Å². The number of piperidine rings is 1. The first kappa shape index (κ1) is 8.52. The lowest BCUT2D eigenvalue weighted by molar-refractivity contribution is 0.0959. The minimum absolute atomic E-state index is 0.319. The van der Waals surface area contributed by atoms with Crippen LogP contribution in [0.3, 0.4) is 0 Å². The Morgan fingerprint density at radius 2 is 2.17 bits per heavy atom. The van der Waals surface area contributed by atoms with E-state index in [4.69, 9.17) is 5.11 Å². The summed E-state index contributed by atoms with van der Waals surface area (Å²) in [6.45, 7) is 5.99. The molecule has 1 aliphatic carbocycles. The van der Waals surface area contributed by atoms with Crippen LogP contribution in [-0.2, 0) is 0 Å². The Balaban J connectivity index is 1.86. The van der Waals surface area contributed by atoms with Crippen molar-refractivity contribution in [1.29, 1.82) is 0 Å². The van der Waals surface area contributed by atoms with Gasteiger partial charge in [-0.05, 0) is 37.1 Å². The van der Waals surface area contributed by atoms with Gasteiger partial charge in [0, 0.05) is 13.1 Å². The molecule has 1 atom stereocenters. The Morgan fingerprint density at radius 1 is 1.42 bits per heavy atom. The molecular weight excluding hydrogens is 150 g/mol. The number of aliphatic hydroxyl groups excluding tert-OH is 1. The molecule has 1 N–H and O–H groups in total. The number of hydrogen-bond acceptors (Lipinski definition) is 2. The maximum atomic E-state index is 8.81. The van der Waals surface area contributed by atoms with Gasteiger partial charge in [0.25, 0.3) is 0 Å². The molecular formula is C10H19NO. The van der Waals surface area contributed by atoms with E-state index in [-0.39, 0.29) is 0 Å². The molecule has 2 fully saturated rings. The lowest BCUT2D eigenvalue weighted by Crippen LogP contribution is -2.41. The van der Waals surface area contributed by atoms with E-state index in [9.17, 15) is 0 Å². The van der Waals surface area contributed by atoms with Crippen LogP contribution in [-0.4, -0.2) is 36.2 Å². The van der Waals surface area contributed by atoms with E-state index in [0.717, 1.165) is 17.9 Å². The molecule has 70 valence electrons. The lowest BCUT2D eigenvalue weighted by Gasteiger charge is -2.37. The molecule has 0 bridgehead atoms. The monoisotopic (exact) mass is 169 g/mol. The molecule has 12 heavy (non-hydrogen) atoms. The van der Waals surface area contributed by atoms with Crippen molar-refractivity contribution >= 4 is 0 Å². The maximum absolute atomic E-state index is 8.81. The van der Waals surface area contributed by atoms with E-state index < -0.39 is 0 Å². The van der Waals surface area contributed by atoms with Gasteiger partial charge in [0.05, 0.1) is 6.61 Å². The van der Waals surface area contributed by atoms with Crippen LogP contribution in [0.5, 0.6) is 0 Å². The summed E-state index contributed by atoms with van der Waals surface area (Å²) >= 11 is 0. The van der Waals surface area contributed by atoms with Crippen LogP contribution in [0.15, 0.2) is 0 Å². The second-order valence-corrected chi connectivity index (χ2v) is 4.54. The van der Waals surface area contributed by atoms with E-state index in [0.29, 0.717) is 6.61 Å². The smallest absolute Gasteiger partial charge is 0.0558 e. The summed E-state index contributed by atoms with van der Waals surface area (Å²) in [4.78, 5) is 2.40. The lowest BCUT2D eigenvalue weighted by atomic mass is 9.84. The predicted octanol–water partition coefficient (Wildman–Crippen LogP) is 1.10. The summed E-state index contributed by atoms with van der Waals surface area (Å²) in [6, 6.07) is 0. The highest BCUT2D eigenvalue weighted by Crippen LogP contribution is 2.56. The van der Waals surface area contributed by atoms with Gasteiger partial charge in [-0.3, -0.25) is 0 Å². The molecule has 0 amide bonds. The molecule has 0 aromatic heterocycles. The molecule has 1 aliphatic heterocycles. The van der Waals surface area contributed by atoms with E-state index in [2.05, 4.69) is 11.8 Å². The normalized spacial score (nSPS) is 34.0. The molecule has 1 saturated carbocycles. The Kier molecular flexibility index (Phi) is 2.13. The third-order valence-corrected chi connectivity index (χ3v) is 3.81. The summed E-state index contributed by atoms with van der Waals surface area (Å²) in [5.74, 6) is 0.859. The fourth-order valence-corrected chi connectivity index (χ4v) is 2.55. The third-order valence-electron chi connectivity index (χ3n) is 3.81. The Hall–Kier alpha value is -0.0800. The van der Waals surface area contributed by atoms with E-state index in [1.807, 2.05) is 0 Å². The largest absolute Gasteiger partial charge is 0.395 e. The number of hydrogen-bond donors (Lipinski definition) is 1. The summed E-state index contributed by atoms with van der Waals surface area (Å²) in [5.41, 5.74) is 0.742. The van der Waals surface area contributed by atoms with Crippen LogP contribution in [0.25, 0.3) is 0 Å². The fourth-order valence-electron chi connectivity index (χ4n) is 2.55. The molecule has 0 aromatic carbocycles. The first-order chi connectivity index (χ1) is 5.77. The van der Waals surface area contributed by atoms with E-state index in [1.165, 1.54) is 32.4 Å². The van der Waals surface area contributed by atoms with Crippen LogP contribution >= 0.6 is 0 Å². The zero-order valence-electron chi connectivity index (χ0n) is 7.92. The van der Waals surface area contributed by atoms with Gasteiger partial charge in [-0.15, -0.1) is 0 Å². The molecule has 2 nitrogen and oxygen atoms in total. The summed E-state index contributed by atoms with van der Waals surface area (Å²) in [6.07, 6.45) is 4.29. The van der Waals surface area contributed by atoms with Gasteiger partial charge in [-0.2, -0.15) is 0 Å². The molecule has 1 spiro atoms. The summed E-state index contributed by atoms with van der Waals surface area (Å²) in [5, 5.41) is 8.81. The van der Waals surface area contributed by atoms with Crippen LogP contribution in [0.1, 0.15) is 26.2 Å². The molecule has 0 radical (unpaired) electrons. The maximum Gasteiger partial charge on any atom is 0.0558 e. The van der Waals surface area contributed by atoms with Crippen molar-refractivity contribution in [3.8, 4) is 0 Å². The average molecular weight is 169 g/mol. The topological polar surface area (TPSA) is 23.5 Å². The molecule has 0 aromatic rings. The highest BCUT2D eigenvalue weighted by atomic mass is 16.3. The quantitative estimate of drug-likeness (QED) is 0.669. The Bertz CT molecular complexity index is 165. The number of aliphatic hydroxyl groups is 1. The number of nitrogens with zero attached hydrogens (tertiary/aromatic N) is 1. The van der Waals surface area contributed by atoms with Crippen molar-refractivity contribution in [3.63, 3.8) is 0 Å². The zero-order valence-corrected chi connectivity index (χ0v) is 7.92. The van der Waals surface area contributed by atoms with Crippen LogP contribution in [0, 0.1) is 11.3 Å². The number of β-amino-alcohol motifs (C(OH)–C–C–N with tert-alkyl or cyclic N) is 1. The van der Waals surface area contributed by atoms with Crippen LogP contribution in [0.4, 0.5) is 0 Å². The molecule has 1 saturated heterocycles. The van der Waals surface area contributed by atoms with Crippen molar-refractivity contribution in [1.82, 2.24) is 4.90 Å². The Labute approximate surface area is 74.6 Å². The molecule has 2 rings (SSSR count). The number of rotatable bonds is 2. The SMILES string of the molecule is CC1CN(CCO)CCC12CC2. The van der Waals surface area contributed by atoms with Crippen molar-refractivity contribution in [2.45, 2.75) is 26.2 Å². The second-order valence-electron chi connectivity index (χ2n) is 4.54. The minimum atomic E-state index is 0.319. The first-order valence-corrected chi connectivity index (χ1v) is 5.10. The average Bonchev–Trinajstić information content (AvgIpc) is 2.80. The summed E-state index contributed by atoms with van der Waals surface area (Å²) in [7, 11) is 0. The van der Waals surface area contributed by atoms with Gasteiger partial charge in [0.15, 0.2) is 0 Å². The highest BCUT2D eigenvalue weighted by molar-refractivity contribution is 5.00. The molecule has 1 unspecified atom stereocenters. The summed E-state index contributed by atoms with van der Waals surface area (Å²) < 4.78 is 0. The second kappa shape index (κ2) is 3.00. The van der Waals surface area contributed by atoms with Gasteiger partial charge < -0.3 is 10.0 Å². The Morgan fingerprint density at radius 3 is 2.67 bits per heavy atom. The van der Waals surface area contributed by atoms with Gasteiger partial charge in [-0.1, -0.05) is 6.92 Å². The van der Waals surface area contributed by atoms with E-state index in [1.54, 1.807) is 0 Å². The standard InChI is InChI=1S/C10H19NO/c1-9-8-11(6-7-12)5-4-10(9)2-3-10/h9,12H,2-8H2,1H3. The molecule has 2 heteroatoms. The van der Waals surface area contributed by atoms with Crippen molar-refractivity contribution in [2.24, 2.45) is 11.3 Å². The van der Waals surface area contributed by atoms with Crippen molar-refractivity contribution < 1.29 is 5.11 Å². The fraction of sp³-hybridized carbons (Fsp3) is 1.00. The minimum Gasteiger partial charge on any atom is -0.395 e. The van der Waals surface area contributed by atoms with Gasteiger partial charge in [0.1, 0.15) is 0 Å². The van der Waals surface area contributed by atoms with E-state index >= 15 is 0 Å². The zero-order chi connectivity index (χ0) is 8.60. The predicted molar refractivity (Wildman–Crippen MR) is 49.0 cm³/mol. The highest BCUT2D eigenvalue weighted by Gasteiger charge is 2.49. The number of likely N-dealkylation sites (tertiary alicyclic amines) is 1. The van der Waals surface area contributed by atoms with Crippen LogP contribution in [0.2, 0.25) is 0 Å². The van der Waals surface area contributed by atoms with Crippen LogP contribution < -0.4 is 0 Å². The van der Waals surface area contributed by atoms with Gasteiger partial charge in [-0.25, -0.2) is 0 Å². The molecule has 1 heterocycles. The van der Waals surface area contributed by atoms with Crippen molar-refractivity contribution in [2.75, 3.05) is 26.2 Å². The third kappa shape index (κ3) is 1.38. The first-order valence-electron chi connectivity index (χ1n) is 5.10. The molecule has 2 aliphatic rings. The van der Waals surface area contributed by atoms with Gasteiger partial charge in [0.2, 0.25) is 0 Å².